The fraction of sp³-hybridized carbons (Fsp3) is 0.250. The van der Waals surface area contributed by atoms with Crippen molar-refractivity contribution in [1.29, 1.82) is 0 Å². The lowest BCUT2D eigenvalue weighted by atomic mass is 10.1. The predicted octanol–water partition coefficient (Wildman–Crippen LogP) is 2.71. The van der Waals surface area contributed by atoms with E-state index < -0.39 is 0 Å². The second-order valence-electron chi connectivity index (χ2n) is 3.36. The van der Waals surface area contributed by atoms with E-state index in [1.54, 1.807) is 38.6 Å². The molecule has 0 amide bonds. The van der Waals surface area contributed by atoms with Gasteiger partial charge in [0.15, 0.2) is 11.5 Å². The number of benzene rings is 1. The van der Waals surface area contributed by atoms with E-state index in [2.05, 4.69) is 4.99 Å². The molecule has 1 aromatic carbocycles. The van der Waals surface area contributed by atoms with E-state index in [9.17, 15) is 5.11 Å². The van der Waals surface area contributed by atoms with Gasteiger partial charge in [0.1, 0.15) is 5.76 Å². The first-order valence-corrected chi connectivity index (χ1v) is 4.94. The summed E-state index contributed by atoms with van der Waals surface area (Å²) in [7, 11) is 3.13. The molecule has 0 atom stereocenters. The van der Waals surface area contributed by atoms with Gasteiger partial charge in [-0.05, 0) is 12.1 Å². The molecule has 1 aliphatic heterocycles. The third-order valence-corrected chi connectivity index (χ3v) is 2.42. The number of hydrogen-bond donors (Lipinski definition) is 1. The van der Waals surface area contributed by atoms with Crippen LogP contribution in [0.3, 0.4) is 0 Å². The van der Waals surface area contributed by atoms with Crippen LogP contribution in [0, 0.1) is 0 Å². The molecule has 0 radical (unpaired) electrons. The third-order valence-electron chi connectivity index (χ3n) is 2.42. The molecule has 0 saturated heterocycles. The minimum Gasteiger partial charge on any atom is -0.508 e. The lowest BCUT2D eigenvalue weighted by Gasteiger charge is -2.11. The molecule has 16 heavy (non-hydrogen) atoms. The van der Waals surface area contributed by atoms with Crippen LogP contribution in [-0.4, -0.2) is 25.5 Å². The minimum atomic E-state index is 0.216. The van der Waals surface area contributed by atoms with Crippen molar-refractivity contribution < 1.29 is 14.6 Å². The molecule has 0 unspecified atom stereocenters. The number of nitrogens with zero attached hydrogens (tertiary/aromatic N) is 1. The fourth-order valence-corrected chi connectivity index (χ4v) is 1.61. The molecule has 84 valence electrons. The summed E-state index contributed by atoms with van der Waals surface area (Å²) in [4.78, 5) is 4.25. The van der Waals surface area contributed by atoms with Crippen LogP contribution in [0.1, 0.15) is 12.0 Å². The minimum absolute atomic E-state index is 0.216. The Hall–Kier alpha value is -1.97. The van der Waals surface area contributed by atoms with E-state index in [4.69, 9.17) is 9.47 Å². The number of hydrogen-bond acceptors (Lipinski definition) is 4. The summed E-state index contributed by atoms with van der Waals surface area (Å²) in [5, 5.41) is 9.81. The van der Waals surface area contributed by atoms with Crippen LogP contribution in [0.5, 0.6) is 11.5 Å². The van der Waals surface area contributed by atoms with E-state index in [-0.39, 0.29) is 5.76 Å². The van der Waals surface area contributed by atoms with Gasteiger partial charge in [0.05, 0.1) is 19.9 Å². The van der Waals surface area contributed by atoms with Gasteiger partial charge in [-0.2, -0.15) is 0 Å². The van der Waals surface area contributed by atoms with E-state index in [0.717, 1.165) is 0 Å². The second-order valence-corrected chi connectivity index (χ2v) is 3.36. The molecule has 0 aromatic heterocycles. The van der Waals surface area contributed by atoms with Crippen LogP contribution >= 0.6 is 0 Å². The van der Waals surface area contributed by atoms with Crippen molar-refractivity contribution in [2.75, 3.05) is 14.2 Å². The lowest BCUT2D eigenvalue weighted by molar-refractivity contribution is 0.354. The molecule has 0 spiro atoms. The van der Waals surface area contributed by atoms with Gasteiger partial charge >= 0.3 is 0 Å². The molecular weight excluding hydrogens is 206 g/mol. The van der Waals surface area contributed by atoms with Crippen molar-refractivity contribution in [3.63, 3.8) is 0 Å². The molecule has 2 rings (SSSR count). The Morgan fingerprint density at radius 3 is 2.56 bits per heavy atom. The van der Waals surface area contributed by atoms with Gasteiger partial charge in [-0.25, -0.2) is 0 Å². The van der Waals surface area contributed by atoms with Gasteiger partial charge in [-0.1, -0.05) is 0 Å². The van der Waals surface area contributed by atoms with Crippen molar-refractivity contribution in [3.8, 4) is 11.5 Å². The first kappa shape index (κ1) is 10.5. The molecule has 1 heterocycles. The van der Waals surface area contributed by atoms with Gasteiger partial charge in [0.2, 0.25) is 0 Å². The van der Waals surface area contributed by atoms with Gasteiger partial charge in [0.25, 0.3) is 0 Å². The highest BCUT2D eigenvalue weighted by Crippen LogP contribution is 2.38. The Bertz CT molecular complexity index is 464. The zero-order chi connectivity index (χ0) is 11.5. The van der Waals surface area contributed by atoms with Crippen LogP contribution < -0.4 is 9.47 Å². The summed E-state index contributed by atoms with van der Waals surface area (Å²) in [6.45, 7) is 0. The van der Waals surface area contributed by atoms with Crippen LogP contribution in [0.4, 0.5) is 5.69 Å². The third kappa shape index (κ3) is 1.74. The van der Waals surface area contributed by atoms with Crippen LogP contribution in [0.2, 0.25) is 0 Å². The maximum absolute atomic E-state index is 9.81. The Labute approximate surface area is 93.8 Å². The first-order valence-electron chi connectivity index (χ1n) is 4.94. The number of fused-ring (bicyclic) bond motifs is 1. The quantitative estimate of drug-likeness (QED) is 0.832. The lowest BCUT2D eigenvalue weighted by Crippen LogP contribution is -1.93. The monoisotopic (exact) mass is 219 g/mol. The molecule has 4 nitrogen and oxygen atoms in total. The van der Waals surface area contributed by atoms with Gasteiger partial charge in [0, 0.05) is 24.3 Å². The highest BCUT2D eigenvalue weighted by Gasteiger charge is 2.14. The molecule has 1 aliphatic rings. The number of aliphatic hydroxyl groups is 1. The number of methoxy groups -OCH3 is 2. The molecular formula is C12H13NO3. The molecule has 1 aromatic rings. The molecule has 0 saturated carbocycles. The number of aliphatic hydroxyl groups excluding tert-OH is 1. The number of aliphatic imine (C=N–C) groups is 1. The van der Waals surface area contributed by atoms with E-state index >= 15 is 0 Å². The number of allylic oxidation sites excluding steroid dienone is 1. The Morgan fingerprint density at radius 2 is 1.88 bits per heavy atom. The molecule has 0 aliphatic carbocycles. The molecule has 0 fully saturated rings. The second kappa shape index (κ2) is 4.26. The highest BCUT2D eigenvalue weighted by atomic mass is 16.5. The summed E-state index contributed by atoms with van der Waals surface area (Å²) < 4.78 is 10.4. The molecule has 0 bridgehead atoms. The zero-order valence-corrected chi connectivity index (χ0v) is 9.23. The van der Waals surface area contributed by atoms with Crippen molar-refractivity contribution in [2.24, 2.45) is 4.99 Å². The van der Waals surface area contributed by atoms with Crippen LogP contribution in [0.15, 0.2) is 23.2 Å². The Morgan fingerprint density at radius 1 is 1.19 bits per heavy atom. The zero-order valence-electron chi connectivity index (χ0n) is 9.23. The molecule has 1 N–H and O–H groups in total. The van der Waals surface area contributed by atoms with Gasteiger partial charge in [-0.3, -0.25) is 4.99 Å². The maximum atomic E-state index is 9.81. The SMILES string of the molecule is COc1cc2c(cc1OC)C(O)=CCC=N2. The number of ether oxygens (including phenoxy) is 2. The first-order chi connectivity index (χ1) is 7.76. The molecule has 4 heteroatoms. The van der Waals surface area contributed by atoms with E-state index in [1.165, 1.54) is 0 Å². The van der Waals surface area contributed by atoms with E-state index in [1.807, 2.05) is 0 Å². The van der Waals surface area contributed by atoms with E-state index in [0.29, 0.717) is 29.2 Å². The summed E-state index contributed by atoms with van der Waals surface area (Å²) in [6, 6.07) is 3.47. The largest absolute Gasteiger partial charge is 0.508 e. The van der Waals surface area contributed by atoms with Crippen molar-refractivity contribution in [1.82, 2.24) is 0 Å². The summed E-state index contributed by atoms with van der Waals surface area (Å²) in [5.41, 5.74) is 1.34. The number of rotatable bonds is 2. The van der Waals surface area contributed by atoms with Crippen LogP contribution in [-0.2, 0) is 0 Å². The normalized spacial score (nSPS) is 13.8. The average molecular weight is 219 g/mol. The highest BCUT2D eigenvalue weighted by molar-refractivity contribution is 5.81. The fourth-order valence-electron chi connectivity index (χ4n) is 1.61. The maximum Gasteiger partial charge on any atom is 0.162 e. The van der Waals surface area contributed by atoms with Gasteiger partial charge in [-0.15, -0.1) is 0 Å². The van der Waals surface area contributed by atoms with Crippen LogP contribution in [0.25, 0.3) is 5.76 Å². The Balaban J connectivity index is 2.61. The van der Waals surface area contributed by atoms with Gasteiger partial charge < -0.3 is 14.6 Å². The Kier molecular flexibility index (Phi) is 2.81. The topological polar surface area (TPSA) is 51.0 Å². The standard InChI is InChI=1S/C12H13NO3/c1-15-11-6-8-9(7-12(11)16-2)13-5-3-4-10(8)14/h4-7,14H,3H2,1-2H3. The van der Waals surface area contributed by atoms with Crippen molar-refractivity contribution in [3.05, 3.63) is 23.8 Å². The summed E-state index contributed by atoms with van der Waals surface area (Å²) >= 11 is 0. The van der Waals surface area contributed by atoms with Crippen molar-refractivity contribution in [2.45, 2.75) is 6.42 Å². The summed E-state index contributed by atoms with van der Waals surface area (Å²) in [6.07, 6.45) is 4.07. The summed E-state index contributed by atoms with van der Waals surface area (Å²) in [5.74, 6) is 1.40. The smallest absolute Gasteiger partial charge is 0.162 e. The van der Waals surface area contributed by atoms with Crippen molar-refractivity contribution >= 4 is 17.7 Å². The predicted molar refractivity (Wildman–Crippen MR) is 62.9 cm³/mol. The average Bonchev–Trinajstić information content (AvgIpc) is 2.49.